The molecule has 36 heavy (non-hydrogen) atoms. The summed E-state index contributed by atoms with van der Waals surface area (Å²) in [5, 5.41) is 7.05. The molecule has 9 heteroatoms. The van der Waals surface area contributed by atoms with Crippen molar-refractivity contribution < 1.29 is 23.9 Å². The SMILES string of the molecule is COc1ccc(CN2C(=O)N[C@@H](CCC(=O)N[C@@H]3CCCc4c3[nH]c3ccccc43)C2=O)cc1OC. The van der Waals surface area contributed by atoms with Crippen molar-refractivity contribution in [2.75, 3.05) is 14.2 Å². The van der Waals surface area contributed by atoms with Crippen molar-refractivity contribution in [1.29, 1.82) is 0 Å². The highest BCUT2D eigenvalue weighted by Crippen LogP contribution is 2.34. The number of fused-ring (bicyclic) bond motifs is 3. The second-order valence-corrected chi connectivity index (χ2v) is 9.23. The van der Waals surface area contributed by atoms with Gasteiger partial charge < -0.3 is 25.1 Å². The molecule has 2 aliphatic rings. The summed E-state index contributed by atoms with van der Waals surface area (Å²) in [5.41, 5.74) is 4.16. The Kier molecular flexibility index (Phi) is 6.54. The average Bonchev–Trinajstić information content (AvgIpc) is 3.40. The topological polar surface area (TPSA) is 113 Å². The van der Waals surface area contributed by atoms with Crippen LogP contribution in [0.25, 0.3) is 10.9 Å². The van der Waals surface area contributed by atoms with Crippen molar-refractivity contribution in [3.63, 3.8) is 0 Å². The Hall–Kier alpha value is -4.01. The quantitative estimate of drug-likeness (QED) is 0.418. The number of benzene rings is 2. The Morgan fingerprint density at radius 2 is 1.92 bits per heavy atom. The summed E-state index contributed by atoms with van der Waals surface area (Å²) in [6.07, 6.45) is 3.24. The minimum Gasteiger partial charge on any atom is -0.493 e. The van der Waals surface area contributed by atoms with Crippen LogP contribution in [0.3, 0.4) is 0 Å². The summed E-state index contributed by atoms with van der Waals surface area (Å²) in [7, 11) is 3.08. The molecule has 0 bridgehead atoms. The summed E-state index contributed by atoms with van der Waals surface area (Å²) in [6, 6.07) is 12.2. The van der Waals surface area contributed by atoms with E-state index >= 15 is 0 Å². The number of urea groups is 1. The van der Waals surface area contributed by atoms with Crippen LogP contribution in [0.1, 0.15) is 48.5 Å². The normalized spacial score (nSPS) is 19.2. The van der Waals surface area contributed by atoms with Gasteiger partial charge in [0, 0.05) is 23.0 Å². The molecule has 2 aromatic carbocycles. The molecule has 0 spiro atoms. The van der Waals surface area contributed by atoms with Gasteiger partial charge in [-0.25, -0.2) is 4.79 Å². The number of nitrogens with zero attached hydrogens (tertiary/aromatic N) is 1. The Bertz CT molecular complexity index is 1320. The van der Waals surface area contributed by atoms with Gasteiger partial charge in [0.15, 0.2) is 11.5 Å². The molecule has 0 saturated carbocycles. The number of carbonyl (C=O) groups excluding carboxylic acids is 3. The third kappa shape index (κ3) is 4.48. The van der Waals surface area contributed by atoms with Crippen LogP contribution in [0, 0.1) is 0 Å². The summed E-state index contributed by atoms with van der Waals surface area (Å²) < 4.78 is 10.5. The predicted octanol–water partition coefficient (Wildman–Crippen LogP) is 3.58. The molecule has 0 unspecified atom stereocenters. The average molecular weight is 491 g/mol. The molecule has 188 valence electrons. The van der Waals surface area contributed by atoms with Gasteiger partial charge >= 0.3 is 6.03 Å². The van der Waals surface area contributed by atoms with Gasteiger partial charge in [0.05, 0.1) is 26.8 Å². The molecule has 3 aromatic rings. The predicted molar refractivity (Wildman–Crippen MR) is 134 cm³/mol. The second kappa shape index (κ2) is 9.93. The molecule has 3 N–H and O–H groups in total. The minimum atomic E-state index is -0.724. The molecule has 4 amide bonds. The lowest BCUT2D eigenvalue weighted by atomic mass is 9.91. The first kappa shape index (κ1) is 23.7. The highest BCUT2D eigenvalue weighted by Gasteiger charge is 2.38. The van der Waals surface area contributed by atoms with E-state index in [-0.39, 0.29) is 37.2 Å². The molecule has 1 aliphatic heterocycles. The first-order valence-electron chi connectivity index (χ1n) is 12.2. The summed E-state index contributed by atoms with van der Waals surface area (Å²) >= 11 is 0. The van der Waals surface area contributed by atoms with E-state index in [1.165, 1.54) is 23.0 Å². The van der Waals surface area contributed by atoms with Crippen LogP contribution in [-0.2, 0) is 22.6 Å². The number of ether oxygens (including phenoxy) is 2. The van der Waals surface area contributed by atoms with Crippen molar-refractivity contribution in [3.8, 4) is 11.5 Å². The van der Waals surface area contributed by atoms with E-state index in [2.05, 4.69) is 27.8 Å². The lowest BCUT2D eigenvalue weighted by Crippen LogP contribution is -2.34. The lowest BCUT2D eigenvalue weighted by molar-refractivity contribution is -0.128. The molecule has 9 nitrogen and oxygen atoms in total. The number of aryl methyl sites for hydroxylation is 1. The van der Waals surface area contributed by atoms with E-state index in [9.17, 15) is 14.4 Å². The first-order chi connectivity index (χ1) is 17.5. The zero-order valence-corrected chi connectivity index (χ0v) is 20.4. The van der Waals surface area contributed by atoms with Gasteiger partial charge in [-0.3, -0.25) is 14.5 Å². The molecule has 1 fully saturated rings. The smallest absolute Gasteiger partial charge is 0.325 e. The number of methoxy groups -OCH3 is 2. The Labute approximate surface area is 209 Å². The number of hydrogen-bond donors (Lipinski definition) is 3. The molecule has 1 saturated heterocycles. The van der Waals surface area contributed by atoms with Crippen LogP contribution in [0.15, 0.2) is 42.5 Å². The number of carbonyl (C=O) groups is 3. The van der Waals surface area contributed by atoms with Crippen LogP contribution >= 0.6 is 0 Å². The van der Waals surface area contributed by atoms with Gasteiger partial charge in [-0.1, -0.05) is 24.3 Å². The van der Waals surface area contributed by atoms with Crippen LogP contribution < -0.4 is 20.1 Å². The zero-order valence-electron chi connectivity index (χ0n) is 20.4. The van der Waals surface area contributed by atoms with Crippen molar-refractivity contribution in [2.24, 2.45) is 0 Å². The first-order valence-corrected chi connectivity index (χ1v) is 12.2. The number of hydrogen-bond acceptors (Lipinski definition) is 5. The lowest BCUT2D eigenvalue weighted by Gasteiger charge is -2.24. The number of amides is 4. The number of rotatable bonds is 8. The van der Waals surface area contributed by atoms with E-state index in [0.717, 1.165) is 36.0 Å². The van der Waals surface area contributed by atoms with Crippen molar-refractivity contribution in [3.05, 3.63) is 59.3 Å². The van der Waals surface area contributed by atoms with E-state index in [4.69, 9.17) is 9.47 Å². The standard InChI is InChI=1S/C27H30N4O5/c1-35-22-12-10-16(14-23(22)36-2)15-31-26(33)21(30-27(31)34)11-13-24(32)28-20-9-5-7-18-17-6-3-4-8-19(17)29-25(18)20/h3-4,6,8,10,12,14,20-21,29H,5,7,9,11,13,15H2,1-2H3,(H,28,32)(H,30,34)/t20-,21+/m1/s1. The summed E-state index contributed by atoms with van der Waals surface area (Å²) in [4.78, 5) is 42.8. The van der Waals surface area contributed by atoms with Crippen LogP contribution in [0.2, 0.25) is 0 Å². The van der Waals surface area contributed by atoms with E-state index < -0.39 is 12.1 Å². The molecule has 5 rings (SSSR count). The molecular weight excluding hydrogens is 460 g/mol. The van der Waals surface area contributed by atoms with E-state index in [1.54, 1.807) is 25.3 Å². The number of para-hydroxylation sites is 1. The fraction of sp³-hybridized carbons (Fsp3) is 0.370. The number of H-pyrrole nitrogens is 1. The fourth-order valence-electron chi connectivity index (χ4n) is 5.19. The maximum Gasteiger partial charge on any atom is 0.325 e. The van der Waals surface area contributed by atoms with E-state index in [1.807, 2.05) is 12.1 Å². The maximum absolute atomic E-state index is 12.9. The van der Waals surface area contributed by atoms with E-state index in [0.29, 0.717) is 11.5 Å². The Morgan fingerprint density at radius 1 is 1.11 bits per heavy atom. The maximum atomic E-state index is 12.9. The van der Waals surface area contributed by atoms with Crippen LogP contribution in [0.4, 0.5) is 4.79 Å². The molecular formula is C27H30N4O5. The van der Waals surface area contributed by atoms with Crippen molar-refractivity contribution >= 4 is 28.7 Å². The minimum absolute atomic E-state index is 0.0796. The largest absolute Gasteiger partial charge is 0.493 e. The Balaban J connectivity index is 1.19. The number of aromatic amines is 1. The summed E-state index contributed by atoms with van der Waals surface area (Å²) in [5.74, 6) is 0.626. The van der Waals surface area contributed by atoms with Gasteiger partial charge in [0.2, 0.25) is 5.91 Å². The number of imide groups is 1. The molecule has 2 heterocycles. The highest BCUT2D eigenvalue weighted by atomic mass is 16.5. The molecule has 1 aliphatic carbocycles. The Morgan fingerprint density at radius 3 is 2.72 bits per heavy atom. The molecule has 2 atom stereocenters. The fourth-order valence-corrected chi connectivity index (χ4v) is 5.19. The monoisotopic (exact) mass is 490 g/mol. The molecule has 0 radical (unpaired) electrons. The summed E-state index contributed by atoms with van der Waals surface area (Å²) in [6.45, 7) is 0.110. The number of aromatic nitrogens is 1. The third-order valence-corrected chi connectivity index (χ3v) is 7.01. The van der Waals surface area contributed by atoms with Crippen molar-refractivity contribution in [1.82, 2.24) is 20.5 Å². The van der Waals surface area contributed by atoms with Gasteiger partial charge in [0.1, 0.15) is 6.04 Å². The molecule has 1 aromatic heterocycles. The van der Waals surface area contributed by atoms with Gasteiger partial charge in [-0.15, -0.1) is 0 Å². The van der Waals surface area contributed by atoms with Gasteiger partial charge in [-0.2, -0.15) is 0 Å². The zero-order chi connectivity index (χ0) is 25.2. The van der Waals surface area contributed by atoms with Gasteiger partial charge in [0.25, 0.3) is 5.91 Å². The van der Waals surface area contributed by atoms with Crippen molar-refractivity contribution in [2.45, 2.75) is 50.7 Å². The van der Waals surface area contributed by atoms with Crippen LogP contribution in [0.5, 0.6) is 11.5 Å². The van der Waals surface area contributed by atoms with Crippen LogP contribution in [-0.4, -0.2) is 48.0 Å². The van der Waals surface area contributed by atoms with Gasteiger partial charge in [-0.05, 0) is 55.0 Å². The third-order valence-electron chi connectivity index (χ3n) is 7.01. The number of nitrogens with one attached hydrogen (secondary N) is 3. The highest BCUT2D eigenvalue weighted by molar-refractivity contribution is 6.04. The second-order valence-electron chi connectivity index (χ2n) is 9.23.